The second-order valence-corrected chi connectivity index (χ2v) is 8.22. The van der Waals surface area contributed by atoms with Crippen molar-refractivity contribution in [1.82, 2.24) is 19.5 Å². The number of aromatic nitrogens is 4. The van der Waals surface area contributed by atoms with E-state index in [1.165, 1.54) is 37.1 Å². The number of alkyl halides is 3. The minimum Gasteiger partial charge on any atom is -0.497 e. The van der Waals surface area contributed by atoms with Crippen LogP contribution in [0.3, 0.4) is 0 Å². The highest BCUT2D eigenvalue weighted by Crippen LogP contribution is 2.41. The van der Waals surface area contributed by atoms with Crippen LogP contribution in [0.25, 0.3) is 20.7 Å². The number of hydrogen-bond acceptors (Lipinski definition) is 7. The van der Waals surface area contributed by atoms with Gasteiger partial charge in [-0.3, -0.25) is 0 Å². The number of nitrogens with one attached hydrogen (secondary N) is 1. The predicted octanol–water partition coefficient (Wildman–Crippen LogP) is 4.35. The van der Waals surface area contributed by atoms with Crippen molar-refractivity contribution in [1.29, 1.82) is 0 Å². The molecule has 4 aromatic rings. The number of methoxy groups -OCH3 is 1. The third kappa shape index (κ3) is 4.00. The van der Waals surface area contributed by atoms with E-state index in [-0.39, 0.29) is 6.54 Å². The highest BCUT2D eigenvalue weighted by Gasteiger charge is 2.57. The Balaban J connectivity index is 1.56. The fraction of sp³-hybridized carbons (Fsp3) is 0.286. The highest BCUT2D eigenvalue weighted by atomic mass is 32.1. The maximum atomic E-state index is 13.7. The summed E-state index contributed by atoms with van der Waals surface area (Å²) in [6.45, 7) is -0.176. The van der Waals surface area contributed by atoms with Crippen molar-refractivity contribution < 1.29 is 23.0 Å². The molecule has 0 radical (unpaired) electrons. The maximum Gasteiger partial charge on any atom is 0.424 e. The van der Waals surface area contributed by atoms with Crippen LogP contribution in [0.2, 0.25) is 0 Å². The summed E-state index contributed by atoms with van der Waals surface area (Å²) in [6, 6.07) is 9.43. The quantitative estimate of drug-likeness (QED) is 0.424. The van der Waals surface area contributed by atoms with E-state index < -0.39 is 24.0 Å². The van der Waals surface area contributed by atoms with Gasteiger partial charge in [0.1, 0.15) is 23.7 Å². The Morgan fingerprint density at radius 1 is 1.16 bits per heavy atom. The molecule has 3 heterocycles. The van der Waals surface area contributed by atoms with Crippen LogP contribution in [0, 0.1) is 0 Å². The Hall–Kier alpha value is -3.18. The molecule has 0 saturated heterocycles. The van der Waals surface area contributed by atoms with Gasteiger partial charge in [-0.1, -0.05) is 0 Å². The van der Waals surface area contributed by atoms with Crippen LogP contribution in [0.5, 0.6) is 5.75 Å². The van der Waals surface area contributed by atoms with Gasteiger partial charge in [-0.05, 0) is 35.9 Å². The van der Waals surface area contributed by atoms with E-state index in [0.29, 0.717) is 16.0 Å². The molecule has 4 rings (SSSR count). The lowest BCUT2D eigenvalue weighted by molar-refractivity contribution is -0.271. The summed E-state index contributed by atoms with van der Waals surface area (Å²) in [4.78, 5) is 13.1. The first-order valence-corrected chi connectivity index (χ1v) is 10.4. The van der Waals surface area contributed by atoms with Crippen LogP contribution < -0.4 is 10.1 Å². The Bertz CT molecular complexity index is 1220. The molecule has 0 saturated carbocycles. The lowest BCUT2D eigenvalue weighted by Crippen LogP contribution is -2.45. The molecular weight excluding hydrogens is 443 g/mol. The van der Waals surface area contributed by atoms with Gasteiger partial charge >= 0.3 is 6.18 Å². The van der Waals surface area contributed by atoms with E-state index >= 15 is 0 Å². The molecule has 11 heteroatoms. The first-order valence-electron chi connectivity index (χ1n) is 9.62. The Labute approximate surface area is 185 Å². The second-order valence-electron chi connectivity index (χ2n) is 7.17. The van der Waals surface area contributed by atoms with Gasteiger partial charge in [0.25, 0.3) is 0 Å². The van der Waals surface area contributed by atoms with Crippen LogP contribution >= 0.6 is 11.3 Å². The normalized spacial score (nSPS) is 13.8. The van der Waals surface area contributed by atoms with E-state index in [9.17, 15) is 18.3 Å². The molecule has 32 heavy (non-hydrogen) atoms. The molecule has 0 aliphatic heterocycles. The molecule has 1 atom stereocenters. The number of nitrogens with zero attached hydrogens (tertiary/aromatic N) is 4. The van der Waals surface area contributed by atoms with Crippen molar-refractivity contribution in [2.45, 2.75) is 18.2 Å². The van der Waals surface area contributed by atoms with E-state index in [1.54, 1.807) is 7.11 Å². The fourth-order valence-electron chi connectivity index (χ4n) is 3.38. The van der Waals surface area contributed by atoms with E-state index in [2.05, 4.69) is 20.3 Å². The van der Waals surface area contributed by atoms with Gasteiger partial charge in [0, 0.05) is 37.3 Å². The number of halogens is 3. The lowest BCUT2D eigenvalue weighted by atomic mass is 9.97. The van der Waals surface area contributed by atoms with Gasteiger partial charge in [-0.25, -0.2) is 15.0 Å². The molecule has 0 spiro atoms. The number of aryl methyl sites for hydroxylation is 1. The van der Waals surface area contributed by atoms with Crippen LogP contribution in [0.15, 0.2) is 49.1 Å². The molecule has 0 aliphatic carbocycles. The van der Waals surface area contributed by atoms with Crippen molar-refractivity contribution in [2.75, 3.05) is 19.0 Å². The molecule has 0 bridgehead atoms. The Morgan fingerprint density at radius 2 is 1.91 bits per heavy atom. The number of anilines is 1. The highest BCUT2D eigenvalue weighted by molar-refractivity contribution is 7.22. The monoisotopic (exact) mass is 463 g/mol. The van der Waals surface area contributed by atoms with Gasteiger partial charge in [0.15, 0.2) is 0 Å². The molecule has 7 nitrogen and oxygen atoms in total. The number of ether oxygens (including phenoxy) is 1. The molecule has 1 aromatic carbocycles. The van der Waals surface area contributed by atoms with Crippen molar-refractivity contribution in [3.63, 3.8) is 0 Å². The van der Waals surface area contributed by atoms with Crippen LogP contribution in [-0.2, 0) is 12.6 Å². The van der Waals surface area contributed by atoms with E-state index in [1.807, 2.05) is 30.3 Å². The summed E-state index contributed by atoms with van der Waals surface area (Å²) in [6.07, 6.45) is -1.59. The summed E-state index contributed by atoms with van der Waals surface area (Å²) < 4.78 is 48.2. The van der Waals surface area contributed by atoms with E-state index in [0.717, 1.165) is 20.8 Å². The van der Waals surface area contributed by atoms with Gasteiger partial charge in [-0.2, -0.15) is 13.2 Å². The number of imidazole rings is 1. The maximum absolute atomic E-state index is 13.7. The summed E-state index contributed by atoms with van der Waals surface area (Å²) >= 11 is 1.42. The molecule has 1 unspecified atom stereocenters. The summed E-state index contributed by atoms with van der Waals surface area (Å²) in [7, 11) is 3.00. The zero-order chi connectivity index (χ0) is 22.9. The average molecular weight is 463 g/mol. The zero-order valence-electron chi connectivity index (χ0n) is 17.2. The van der Waals surface area contributed by atoms with E-state index in [4.69, 9.17) is 4.74 Å². The minimum atomic E-state index is -4.89. The molecule has 3 aromatic heterocycles. The SMILES string of the molecule is COc1ccc(-c2cc3ncnc(NCCC(O)(c4nccn4C)C(F)(F)F)c3s2)cc1. The number of benzene rings is 1. The van der Waals surface area contributed by atoms with Gasteiger partial charge < -0.3 is 19.7 Å². The largest absolute Gasteiger partial charge is 0.497 e. The number of thiophene rings is 1. The first-order chi connectivity index (χ1) is 15.2. The number of aliphatic hydroxyl groups is 1. The van der Waals surface area contributed by atoms with Gasteiger partial charge in [-0.15, -0.1) is 11.3 Å². The van der Waals surface area contributed by atoms with Crippen molar-refractivity contribution in [3.05, 3.63) is 54.9 Å². The summed E-state index contributed by atoms with van der Waals surface area (Å²) in [5, 5.41) is 13.4. The molecule has 0 aliphatic rings. The van der Waals surface area contributed by atoms with Crippen LogP contribution in [-0.4, -0.2) is 44.5 Å². The summed E-state index contributed by atoms with van der Waals surface area (Å²) in [5.41, 5.74) is -1.46. The Morgan fingerprint density at radius 3 is 2.53 bits per heavy atom. The zero-order valence-corrected chi connectivity index (χ0v) is 18.0. The van der Waals surface area contributed by atoms with Gasteiger partial charge in [0.2, 0.25) is 5.60 Å². The standard InChI is InChI=1S/C21H20F3N5O2S/c1-29-10-9-26-19(29)20(30,21(22,23)24)7-8-25-18-17-15(27-12-28-18)11-16(32-17)13-3-5-14(31-2)6-4-13/h3-6,9-12,30H,7-8H2,1-2H3,(H,25,27,28). The van der Waals surface area contributed by atoms with Crippen molar-refractivity contribution >= 4 is 27.4 Å². The lowest BCUT2D eigenvalue weighted by Gasteiger charge is -2.30. The first kappa shape index (κ1) is 22.0. The fourth-order valence-corrected chi connectivity index (χ4v) is 4.47. The smallest absolute Gasteiger partial charge is 0.424 e. The molecule has 2 N–H and O–H groups in total. The molecular formula is C21H20F3N5O2S. The Kier molecular flexibility index (Phi) is 5.78. The second kappa shape index (κ2) is 8.40. The number of fused-ring (bicyclic) bond motifs is 1. The number of hydrogen-bond donors (Lipinski definition) is 2. The van der Waals surface area contributed by atoms with Crippen molar-refractivity contribution in [3.8, 4) is 16.2 Å². The summed E-state index contributed by atoms with van der Waals surface area (Å²) in [5.74, 6) is 0.684. The minimum absolute atomic E-state index is 0.176. The molecule has 0 fully saturated rings. The third-order valence-corrected chi connectivity index (χ3v) is 6.31. The number of rotatable bonds is 7. The van der Waals surface area contributed by atoms with Crippen LogP contribution in [0.4, 0.5) is 19.0 Å². The molecule has 168 valence electrons. The van der Waals surface area contributed by atoms with Gasteiger partial charge in [0.05, 0.1) is 17.3 Å². The third-order valence-electron chi connectivity index (χ3n) is 5.13. The topological polar surface area (TPSA) is 85.1 Å². The average Bonchev–Trinajstić information content (AvgIpc) is 3.40. The van der Waals surface area contributed by atoms with Crippen molar-refractivity contribution in [2.24, 2.45) is 7.05 Å². The molecule has 0 amide bonds. The van der Waals surface area contributed by atoms with Crippen LogP contribution in [0.1, 0.15) is 12.2 Å². The predicted molar refractivity (Wildman–Crippen MR) is 116 cm³/mol.